The number of nitrogens with two attached hydrogens (primary N) is 1. The van der Waals surface area contributed by atoms with Crippen molar-refractivity contribution in [2.24, 2.45) is 0 Å². The van der Waals surface area contributed by atoms with Gasteiger partial charge in [0.2, 0.25) is 0 Å². The van der Waals surface area contributed by atoms with Crippen LogP contribution in [0.3, 0.4) is 0 Å². The van der Waals surface area contributed by atoms with E-state index in [-0.39, 0.29) is 0 Å². The quantitative estimate of drug-likeness (QED) is 0.397. The van der Waals surface area contributed by atoms with Gasteiger partial charge in [0, 0.05) is 23.4 Å². The molecular weight excluding hydrogens is 178 g/mol. The maximum Gasteiger partial charge on any atom is 0.0356 e. The minimum absolute atomic E-state index is 0.800. The molecule has 0 saturated heterocycles. The van der Waals surface area contributed by atoms with Crippen molar-refractivity contribution in [3.05, 3.63) is 29.3 Å². The number of thiol groups is 1. The average Bonchev–Trinajstić information content (AvgIpc) is 2.13. The Morgan fingerprint density at radius 3 is 2.92 bits per heavy atom. The van der Waals surface area contributed by atoms with E-state index in [1.165, 1.54) is 0 Å². The Morgan fingerprint density at radius 2 is 2.23 bits per heavy atom. The molecule has 0 amide bonds. The van der Waals surface area contributed by atoms with Crippen molar-refractivity contribution in [2.45, 2.75) is 13.3 Å². The van der Waals surface area contributed by atoms with Crippen LogP contribution in [0.15, 0.2) is 18.2 Å². The van der Waals surface area contributed by atoms with Crippen LogP contribution in [0, 0.1) is 18.8 Å². The van der Waals surface area contributed by atoms with Crippen molar-refractivity contribution in [1.29, 1.82) is 0 Å². The first-order valence-corrected chi connectivity index (χ1v) is 4.83. The molecule has 68 valence electrons. The fourth-order valence-electron chi connectivity index (χ4n) is 1.00. The second kappa shape index (κ2) is 4.84. The van der Waals surface area contributed by atoms with Crippen LogP contribution in [0.4, 0.5) is 5.69 Å². The monoisotopic (exact) mass is 191 g/mol. The highest BCUT2D eigenvalue weighted by Crippen LogP contribution is 2.13. The molecule has 0 aliphatic rings. The third-order valence-corrected chi connectivity index (χ3v) is 2.06. The highest BCUT2D eigenvalue weighted by molar-refractivity contribution is 7.80. The molecule has 0 aliphatic heterocycles. The average molecular weight is 191 g/mol. The third kappa shape index (κ3) is 2.71. The van der Waals surface area contributed by atoms with Gasteiger partial charge in [0.1, 0.15) is 0 Å². The summed E-state index contributed by atoms with van der Waals surface area (Å²) in [5.41, 5.74) is 8.62. The van der Waals surface area contributed by atoms with E-state index in [2.05, 4.69) is 24.5 Å². The fraction of sp³-hybridized carbons (Fsp3) is 0.273. The molecule has 1 rings (SSSR count). The van der Waals surface area contributed by atoms with Gasteiger partial charge in [-0.1, -0.05) is 17.9 Å². The van der Waals surface area contributed by atoms with Crippen molar-refractivity contribution in [3.63, 3.8) is 0 Å². The number of benzene rings is 1. The van der Waals surface area contributed by atoms with Gasteiger partial charge < -0.3 is 5.73 Å². The van der Waals surface area contributed by atoms with Crippen LogP contribution >= 0.6 is 12.6 Å². The lowest BCUT2D eigenvalue weighted by atomic mass is 10.1. The van der Waals surface area contributed by atoms with Crippen molar-refractivity contribution in [1.82, 2.24) is 0 Å². The van der Waals surface area contributed by atoms with Gasteiger partial charge in [0.15, 0.2) is 0 Å². The smallest absolute Gasteiger partial charge is 0.0356 e. The zero-order valence-corrected chi connectivity index (χ0v) is 8.57. The number of hydrogen-bond acceptors (Lipinski definition) is 2. The summed E-state index contributed by atoms with van der Waals surface area (Å²) < 4.78 is 0. The summed E-state index contributed by atoms with van der Waals surface area (Å²) in [7, 11) is 0. The first-order valence-electron chi connectivity index (χ1n) is 4.20. The van der Waals surface area contributed by atoms with Crippen LogP contribution in [-0.4, -0.2) is 5.75 Å². The predicted octanol–water partition coefficient (Wildman–Crippen LogP) is 2.25. The normalized spacial score (nSPS) is 9.08. The molecule has 0 spiro atoms. The minimum Gasteiger partial charge on any atom is -0.398 e. The summed E-state index contributed by atoms with van der Waals surface area (Å²) in [4.78, 5) is 0. The highest BCUT2D eigenvalue weighted by Gasteiger charge is 1.96. The van der Waals surface area contributed by atoms with Crippen LogP contribution in [0.5, 0.6) is 0 Å². The largest absolute Gasteiger partial charge is 0.398 e. The molecule has 0 radical (unpaired) electrons. The van der Waals surface area contributed by atoms with E-state index < -0.39 is 0 Å². The van der Waals surface area contributed by atoms with Crippen LogP contribution in [-0.2, 0) is 0 Å². The first kappa shape index (κ1) is 10.0. The summed E-state index contributed by atoms with van der Waals surface area (Å²) in [6.45, 7) is 1.99. The Balaban J connectivity index is 2.91. The molecule has 2 N–H and O–H groups in total. The maximum absolute atomic E-state index is 5.74. The summed E-state index contributed by atoms with van der Waals surface area (Å²) in [5, 5.41) is 0. The van der Waals surface area contributed by atoms with Gasteiger partial charge >= 0.3 is 0 Å². The Kier molecular flexibility index (Phi) is 3.72. The number of hydrogen-bond donors (Lipinski definition) is 2. The van der Waals surface area contributed by atoms with E-state index in [0.717, 1.165) is 29.0 Å². The van der Waals surface area contributed by atoms with Crippen molar-refractivity contribution in [2.75, 3.05) is 11.5 Å². The van der Waals surface area contributed by atoms with E-state index in [1.807, 2.05) is 25.1 Å². The van der Waals surface area contributed by atoms with Crippen molar-refractivity contribution < 1.29 is 0 Å². The molecule has 1 nitrogen and oxygen atoms in total. The number of anilines is 1. The number of nitrogen functional groups attached to an aromatic ring is 1. The lowest BCUT2D eigenvalue weighted by Crippen LogP contribution is -1.91. The van der Waals surface area contributed by atoms with Gasteiger partial charge in [-0.3, -0.25) is 0 Å². The Hall–Kier alpha value is -1.07. The molecule has 0 unspecified atom stereocenters. The summed E-state index contributed by atoms with van der Waals surface area (Å²) >= 11 is 4.09. The molecule has 0 atom stereocenters. The topological polar surface area (TPSA) is 26.0 Å². The lowest BCUT2D eigenvalue weighted by Gasteiger charge is -2.00. The summed E-state index contributed by atoms with van der Waals surface area (Å²) in [5.74, 6) is 6.91. The molecule has 0 heterocycles. The van der Waals surface area contributed by atoms with Gasteiger partial charge in [0.05, 0.1) is 0 Å². The van der Waals surface area contributed by atoms with E-state index in [1.54, 1.807) is 0 Å². The third-order valence-electron chi connectivity index (χ3n) is 1.84. The zero-order valence-electron chi connectivity index (χ0n) is 7.67. The van der Waals surface area contributed by atoms with E-state index in [9.17, 15) is 0 Å². The van der Waals surface area contributed by atoms with Gasteiger partial charge in [-0.15, -0.1) is 0 Å². The maximum atomic E-state index is 5.74. The Labute approximate surface area is 84.8 Å². The minimum atomic E-state index is 0.800. The molecule has 0 aromatic heterocycles. The van der Waals surface area contributed by atoms with E-state index in [4.69, 9.17) is 5.73 Å². The standard InChI is InChI=1S/C11H13NS/c1-9-10(5-2-3-8-13)6-4-7-11(9)12/h4,6-7,13H,3,8,12H2,1H3. The van der Waals surface area contributed by atoms with Crippen LogP contribution in [0.2, 0.25) is 0 Å². The van der Waals surface area contributed by atoms with Gasteiger partial charge in [-0.05, 0) is 24.6 Å². The summed E-state index contributed by atoms with van der Waals surface area (Å²) in [6.07, 6.45) is 0.817. The first-order chi connectivity index (χ1) is 6.25. The molecule has 0 saturated carbocycles. The molecule has 0 bridgehead atoms. The Bertz CT molecular complexity index is 347. The van der Waals surface area contributed by atoms with Gasteiger partial charge in [-0.25, -0.2) is 0 Å². The zero-order chi connectivity index (χ0) is 9.68. The second-order valence-corrected chi connectivity index (χ2v) is 3.24. The second-order valence-electron chi connectivity index (χ2n) is 2.80. The molecule has 0 aliphatic carbocycles. The SMILES string of the molecule is Cc1c(N)cccc1C#CCCS. The van der Waals surface area contributed by atoms with Crippen LogP contribution < -0.4 is 5.73 Å². The van der Waals surface area contributed by atoms with Crippen molar-refractivity contribution >= 4 is 18.3 Å². The van der Waals surface area contributed by atoms with E-state index in [0.29, 0.717) is 0 Å². The molecule has 0 fully saturated rings. The van der Waals surface area contributed by atoms with E-state index >= 15 is 0 Å². The summed E-state index contributed by atoms with van der Waals surface area (Å²) in [6, 6.07) is 5.80. The Morgan fingerprint density at radius 1 is 1.46 bits per heavy atom. The molecule has 1 aromatic carbocycles. The van der Waals surface area contributed by atoms with Gasteiger partial charge in [0.25, 0.3) is 0 Å². The fourth-order valence-corrected chi connectivity index (χ4v) is 1.11. The van der Waals surface area contributed by atoms with Gasteiger partial charge in [-0.2, -0.15) is 12.6 Å². The van der Waals surface area contributed by atoms with Crippen LogP contribution in [0.1, 0.15) is 17.5 Å². The molecule has 13 heavy (non-hydrogen) atoms. The lowest BCUT2D eigenvalue weighted by molar-refractivity contribution is 1.31. The molecular formula is C11H13NS. The van der Waals surface area contributed by atoms with Crippen molar-refractivity contribution in [3.8, 4) is 11.8 Å². The van der Waals surface area contributed by atoms with Crippen LogP contribution in [0.25, 0.3) is 0 Å². The molecule has 2 heteroatoms. The highest BCUT2D eigenvalue weighted by atomic mass is 32.1. The number of rotatable bonds is 1. The molecule has 1 aromatic rings. The predicted molar refractivity (Wildman–Crippen MR) is 60.9 cm³/mol.